The molecular weight excluding hydrogens is 376 g/mol. The molecule has 2 aromatic heterocycles. The predicted molar refractivity (Wildman–Crippen MR) is 108 cm³/mol. The van der Waals surface area contributed by atoms with Crippen molar-refractivity contribution in [2.75, 3.05) is 37.5 Å². The Morgan fingerprint density at radius 1 is 1.21 bits per heavy atom. The number of anilines is 2. The van der Waals surface area contributed by atoms with Gasteiger partial charge in [-0.15, -0.1) is 0 Å². The molecule has 0 radical (unpaired) electrons. The molecule has 0 spiro atoms. The van der Waals surface area contributed by atoms with E-state index in [0.29, 0.717) is 11.5 Å². The summed E-state index contributed by atoms with van der Waals surface area (Å²) >= 11 is 0. The number of fused-ring (bicyclic) bond motifs is 1. The van der Waals surface area contributed by atoms with Gasteiger partial charge in [0.05, 0.1) is 14.2 Å². The minimum Gasteiger partial charge on any atom is -0.497 e. The number of nitrogens with one attached hydrogen (secondary N) is 1. The topological polar surface area (TPSA) is 107 Å². The second kappa shape index (κ2) is 7.82. The Hall–Kier alpha value is -3.56. The molecular formula is C19H22N6O4. The van der Waals surface area contributed by atoms with Crippen LogP contribution in [-0.4, -0.2) is 52.9 Å². The maximum Gasteiger partial charge on any atom is 0.368 e. The first-order valence-electron chi connectivity index (χ1n) is 9.31. The van der Waals surface area contributed by atoms with Crippen LogP contribution in [-0.2, 0) is 0 Å². The lowest BCUT2D eigenvalue weighted by molar-refractivity contribution is -0.391. The van der Waals surface area contributed by atoms with E-state index >= 15 is 0 Å². The summed E-state index contributed by atoms with van der Waals surface area (Å²) < 4.78 is 12.0. The fourth-order valence-corrected chi connectivity index (χ4v) is 3.57. The van der Waals surface area contributed by atoms with Gasteiger partial charge in [0.1, 0.15) is 17.7 Å². The standard InChI is InChI=1S/C19H22N6O4/c1-28-15-8-14(9-16(10-15)29-2)21-13-4-3-7-23(12-13)18-6-5-17-20-11-19(25(26)27)24(17)22-18/h5-6,8-11,13,21H,3-4,7,12H2,1-2H3. The minimum absolute atomic E-state index is 0.142. The second-order valence-corrected chi connectivity index (χ2v) is 6.87. The Morgan fingerprint density at radius 3 is 2.66 bits per heavy atom. The fraction of sp³-hybridized carbons (Fsp3) is 0.368. The van der Waals surface area contributed by atoms with Crippen LogP contribution in [0.1, 0.15) is 12.8 Å². The summed E-state index contributed by atoms with van der Waals surface area (Å²) in [4.78, 5) is 16.9. The van der Waals surface area contributed by atoms with E-state index < -0.39 is 4.92 Å². The molecule has 10 heteroatoms. The number of benzene rings is 1. The van der Waals surface area contributed by atoms with Gasteiger partial charge in [-0.3, -0.25) is 0 Å². The maximum absolute atomic E-state index is 11.2. The molecule has 0 bridgehead atoms. The third-order valence-electron chi connectivity index (χ3n) is 4.98. The van der Waals surface area contributed by atoms with Crippen LogP contribution in [0.25, 0.3) is 5.65 Å². The van der Waals surface area contributed by atoms with Gasteiger partial charge in [-0.2, -0.15) is 0 Å². The van der Waals surface area contributed by atoms with Crippen molar-refractivity contribution in [3.05, 3.63) is 46.6 Å². The van der Waals surface area contributed by atoms with Crippen molar-refractivity contribution in [3.63, 3.8) is 0 Å². The van der Waals surface area contributed by atoms with Gasteiger partial charge < -0.3 is 29.8 Å². The Balaban J connectivity index is 1.53. The normalized spacial score (nSPS) is 16.6. The van der Waals surface area contributed by atoms with Crippen LogP contribution in [0.5, 0.6) is 11.5 Å². The van der Waals surface area contributed by atoms with Crippen molar-refractivity contribution in [3.8, 4) is 11.5 Å². The molecule has 1 atom stereocenters. The molecule has 1 saturated heterocycles. The zero-order valence-corrected chi connectivity index (χ0v) is 16.2. The number of methoxy groups -OCH3 is 2. The number of piperidine rings is 1. The van der Waals surface area contributed by atoms with Gasteiger partial charge in [0.25, 0.3) is 0 Å². The van der Waals surface area contributed by atoms with Crippen molar-refractivity contribution in [2.24, 2.45) is 0 Å². The molecule has 1 aromatic carbocycles. The van der Waals surface area contributed by atoms with Crippen LogP contribution in [0.15, 0.2) is 36.5 Å². The number of hydrogen-bond acceptors (Lipinski definition) is 8. The molecule has 10 nitrogen and oxygen atoms in total. The molecule has 0 amide bonds. The van der Waals surface area contributed by atoms with E-state index in [0.717, 1.165) is 43.1 Å². The highest BCUT2D eigenvalue weighted by atomic mass is 16.6. The Kier molecular flexibility index (Phi) is 5.07. The number of nitro groups is 1. The molecule has 152 valence electrons. The number of ether oxygens (including phenoxy) is 2. The summed E-state index contributed by atoms with van der Waals surface area (Å²) in [5.41, 5.74) is 1.37. The third-order valence-corrected chi connectivity index (χ3v) is 4.98. The Bertz CT molecular complexity index is 1010. The van der Waals surface area contributed by atoms with E-state index in [-0.39, 0.29) is 11.9 Å². The summed E-state index contributed by atoms with van der Waals surface area (Å²) in [6.07, 6.45) is 3.21. The maximum atomic E-state index is 11.2. The molecule has 3 aromatic rings. The number of nitrogens with zero attached hydrogens (tertiary/aromatic N) is 5. The monoisotopic (exact) mass is 398 g/mol. The van der Waals surface area contributed by atoms with Crippen molar-refractivity contribution in [2.45, 2.75) is 18.9 Å². The van der Waals surface area contributed by atoms with E-state index in [2.05, 4.69) is 20.3 Å². The molecule has 29 heavy (non-hydrogen) atoms. The second-order valence-electron chi connectivity index (χ2n) is 6.87. The van der Waals surface area contributed by atoms with Crippen LogP contribution in [0.2, 0.25) is 0 Å². The highest BCUT2D eigenvalue weighted by Gasteiger charge is 2.24. The van der Waals surface area contributed by atoms with E-state index in [1.807, 2.05) is 24.3 Å². The van der Waals surface area contributed by atoms with E-state index in [4.69, 9.17) is 9.47 Å². The summed E-state index contributed by atoms with van der Waals surface area (Å²) in [7, 11) is 3.25. The largest absolute Gasteiger partial charge is 0.497 e. The van der Waals surface area contributed by atoms with Crippen molar-refractivity contribution < 1.29 is 14.4 Å². The highest BCUT2D eigenvalue weighted by molar-refractivity contribution is 5.55. The first-order chi connectivity index (χ1) is 14.1. The smallest absolute Gasteiger partial charge is 0.368 e. The average molecular weight is 398 g/mol. The highest BCUT2D eigenvalue weighted by Crippen LogP contribution is 2.28. The molecule has 0 saturated carbocycles. The number of aromatic nitrogens is 3. The van der Waals surface area contributed by atoms with Gasteiger partial charge in [-0.1, -0.05) is 9.61 Å². The molecule has 1 unspecified atom stereocenters. The van der Waals surface area contributed by atoms with Crippen LogP contribution < -0.4 is 19.7 Å². The molecule has 1 N–H and O–H groups in total. The van der Waals surface area contributed by atoms with Crippen LogP contribution in [0, 0.1) is 10.1 Å². The van der Waals surface area contributed by atoms with Crippen LogP contribution >= 0.6 is 0 Å². The summed E-state index contributed by atoms with van der Waals surface area (Å²) in [5.74, 6) is 1.99. The predicted octanol–water partition coefficient (Wildman–Crippen LogP) is 2.74. The van der Waals surface area contributed by atoms with Gasteiger partial charge in [-0.25, -0.2) is 4.98 Å². The lowest BCUT2D eigenvalue weighted by Gasteiger charge is -2.34. The van der Waals surface area contributed by atoms with Gasteiger partial charge in [0.15, 0.2) is 5.82 Å². The molecule has 4 rings (SSSR count). The zero-order valence-electron chi connectivity index (χ0n) is 16.2. The van der Waals surface area contributed by atoms with E-state index in [1.165, 1.54) is 10.7 Å². The van der Waals surface area contributed by atoms with Crippen molar-refractivity contribution in [1.82, 2.24) is 14.6 Å². The Labute approximate surface area is 167 Å². The van der Waals surface area contributed by atoms with Gasteiger partial charge >= 0.3 is 5.82 Å². The molecule has 0 aliphatic carbocycles. The summed E-state index contributed by atoms with van der Waals surface area (Å²) in [6.45, 7) is 1.56. The minimum atomic E-state index is -0.479. The van der Waals surface area contributed by atoms with E-state index in [9.17, 15) is 10.1 Å². The zero-order chi connectivity index (χ0) is 20.4. The number of hydrogen-bond donors (Lipinski definition) is 1. The molecule has 1 fully saturated rings. The first-order valence-corrected chi connectivity index (χ1v) is 9.31. The number of imidazole rings is 1. The van der Waals surface area contributed by atoms with Crippen LogP contribution in [0.3, 0.4) is 0 Å². The van der Waals surface area contributed by atoms with Crippen molar-refractivity contribution >= 4 is 23.0 Å². The third kappa shape index (κ3) is 3.86. The fourth-order valence-electron chi connectivity index (χ4n) is 3.57. The lowest BCUT2D eigenvalue weighted by atomic mass is 10.1. The average Bonchev–Trinajstić information content (AvgIpc) is 3.17. The first kappa shape index (κ1) is 18.8. The van der Waals surface area contributed by atoms with Gasteiger partial charge in [0, 0.05) is 49.1 Å². The Morgan fingerprint density at radius 2 is 1.97 bits per heavy atom. The van der Waals surface area contributed by atoms with Crippen molar-refractivity contribution in [1.29, 1.82) is 0 Å². The quantitative estimate of drug-likeness (QED) is 0.499. The van der Waals surface area contributed by atoms with Gasteiger partial charge in [0.2, 0.25) is 5.65 Å². The number of rotatable bonds is 6. The molecule has 1 aliphatic heterocycles. The summed E-state index contributed by atoms with van der Waals surface area (Å²) in [6, 6.07) is 9.48. The molecule has 3 heterocycles. The lowest BCUT2D eigenvalue weighted by Crippen LogP contribution is -2.42. The van der Waals surface area contributed by atoms with Gasteiger partial charge in [-0.05, 0) is 23.8 Å². The summed E-state index contributed by atoms with van der Waals surface area (Å²) in [5, 5.41) is 19.2. The SMILES string of the molecule is COc1cc(NC2CCCN(c3ccc4ncc([N+](=O)[O-])n4n3)C2)cc(OC)c1. The molecule has 1 aliphatic rings. The van der Waals surface area contributed by atoms with E-state index in [1.54, 1.807) is 20.3 Å². The van der Waals surface area contributed by atoms with Crippen LogP contribution in [0.4, 0.5) is 17.3 Å².